The molecule has 7 heteroatoms. The Hall–Kier alpha value is -2.12. The predicted molar refractivity (Wildman–Crippen MR) is 103 cm³/mol. The summed E-state index contributed by atoms with van der Waals surface area (Å²) < 4.78 is 5.76. The summed E-state index contributed by atoms with van der Waals surface area (Å²) >= 11 is 0. The molecule has 0 radical (unpaired) electrons. The van der Waals surface area contributed by atoms with Crippen LogP contribution in [0.1, 0.15) is 12.0 Å². The SMILES string of the molecule is Cc1cccc(N2CCN(CC(=O)N3CCC4(CNC(=O)CO4)C3)CC2)c1. The smallest absolute Gasteiger partial charge is 0.246 e. The Morgan fingerprint density at radius 3 is 2.74 bits per heavy atom. The molecule has 1 unspecified atom stereocenters. The summed E-state index contributed by atoms with van der Waals surface area (Å²) in [4.78, 5) is 30.5. The number of nitrogens with zero attached hydrogens (tertiary/aromatic N) is 3. The van der Waals surface area contributed by atoms with E-state index >= 15 is 0 Å². The topological polar surface area (TPSA) is 65.1 Å². The zero-order valence-electron chi connectivity index (χ0n) is 15.9. The Labute approximate surface area is 160 Å². The van der Waals surface area contributed by atoms with E-state index in [2.05, 4.69) is 46.3 Å². The number of likely N-dealkylation sites (tertiary alicyclic amines) is 1. The highest BCUT2D eigenvalue weighted by molar-refractivity contribution is 5.80. The summed E-state index contributed by atoms with van der Waals surface area (Å²) in [6.45, 7) is 8.13. The molecule has 1 aromatic carbocycles. The van der Waals surface area contributed by atoms with Crippen LogP contribution in [0.2, 0.25) is 0 Å². The Balaban J connectivity index is 1.26. The minimum Gasteiger partial charge on any atom is -0.369 e. The third-order valence-corrected chi connectivity index (χ3v) is 5.88. The highest BCUT2D eigenvalue weighted by atomic mass is 16.5. The number of carbonyl (C=O) groups excluding carboxylic acids is 2. The van der Waals surface area contributed by atoms with Gasteiger partial charge >= 0.3 is 0 Å². The van der Waals surface area contributed by atoms with Crippen molar-refractivity contribution < 1.29 is 14.3 Å². The molecule has 1 aromatic rings. The number of piperazine rings is 1. The first-order valence-corrected chi connectivity index (χ1v) is 9.75. The summed E-state index contributed by atoms with van der Waals surface area (Å²) in [6.07, 6.45) is 0.792. The van der Waals surface area contributed by atoms with E-state index < -0.39 is 0 Å². The molecule has 27 heavy (non-hydrogen) atoms. The molecule has 3 aliphatic rings. The van der Waals surface area contributed by atoms with E-state index in [1.54, 1.807) is 0 Å². The number of anilines is 1. The lowest BCUT2D eigenvalue weighted by molar-refractivity contribution is -0.143. The van der Waals surface area contributed by atoms with Crippen molar-refractivity contribution >= 4 is 17.5 Å². The summed E-state index contributed by atoms with van der Waals surface area (Å²) in [5.41, 5.74) is 2.15. The van der Waals surface area contributed by atoms with Gasteiger partial charge in [-0.25, -0.2) is 0 Å². The zero-order chi connectivity index (χ0) is 18.9. The first-order chi connectivity index (χ1) is 13.0. The second-order valence-electron chi connectivity index (χ2n) is 7.92. The van der Waals surface area contributed by atoms with Gasteiger partial charge in [-0.15, -0.1) is 0 Å². The van der Waals surface area contributed by atoms with Gasteiger partial charge in [0, 0.05) is 45.0 Å². The lowest BCUT2D eigenvalue weighted by Crippen LogP contribution is -2.55. The highest BCUT2D eigenvalue weighted by Crippen LogP contribution is 2.27. The molecule has 0 bridgehead atoms. The van der Waals surface area contributed by atoms with Crippen LogP contribution in [0.4, 0.5) is 5.69 Å². The van der Waals surface area contributed by atoms with Crippen LogP contribution in [-0.2, 0) is 14.3 Å². The molecule has 1 spiro atoms. The predicted octanol–water partition coefficient (Wildman–Crippen LogP) is 0.235. The fourth-order valence-electron chi connectivity index (χ4n) is 4.18. The standard InChI is InChI=1S/C20H28N4O3/c1-16-3-2-4-17(11-16)23-9-7-22(8-10-23)12-19(26)24-6-5-20(15-24)14-21-18(25)13-27-20/h2-4,11H,5-10,12-15H2,1H3,(H,21,25). The minimum absolute atomic E-state index is 0.0723. The van der Waals surface area contributed by atoms with Crippen molar-refractivity contribution in [3.63, 3.8) is 0 Å². The number of rotatable bonds is 3. The van der Waals surface area contributed by atoms with E-state index in [4.69, 9.17) is 4.74 Å². The summed E-state index contributed by atoms with van der Waals surface area (Å²) in [7, 11) is 0. The van der Waals surface area contributed by atoms with Gasteiger partial charge in [-0.3, -0.25) is 14.5 Å². The first kappa shape index (κ1) is 18.3. The van der Waals surface area contributed by atoms with E-state index in [1.165, 1.54) is 11.3 Å². The van der Waals surface area contributed by atoms with E-state index in [9.17, 15) is 9.59 Å². The van der Waals surface area contributed by atoms with Crippen LogP contribution < -0.4 is 10.2 Å². The molecule has 1 atom stereocenters. The van der Waals surface area contributed by atoms with Gasteiger partial charge in [0.2, 0.25) is 11.8 Å². The molecular weight excluding hydrogens is 344 g/mol. The van der Waals surface area contributed by atoms with Gasteiger partial charge in [0.25, 0.3) is 0 Å². The number of benzene rings is 1. The Kier molecular flexibility index (Phi) is 5.06. The van der Waals surface area contributed by atoms with Gasteiger partial charge in [0.05, 0.1) is 13.1 Å². The fraction of sp³-hybridized carbons (Fsp3) is 0.600. The minimum atomic E-state index is -0.382. The van der Waals surface area contributed by atoms with Crippen molar-refractivity contribution in [2.75, 3.05) is 63.9 Å². The largest absolute Gasteiger partial charge is 0.369 e. The second-order valence-corrected chi connectivity index (χ2v) is 7.92. The molecule has 0 aromatic heterocycles. The average molecular weight is 372 g/mol. The van der Waals surface area contributed by atoms with Gasteiger partial charge < -0.3 is 19.9 Å². The van der Waals surface area contributed by atoms with E-state index in [1.807, 2.05) is 4.90 Å². The number of nitrogens with one attached hydrogen (secondary N) is 1. The number of amides is 2. The number of ether oxygens (including phenoxy) is 1. The number of morpholine rings is 1. The highest BCUT2D eigenvalue weighted by Gasteiger charge is 2.43. The molecule has 1 N–H and O–H groups in total. The van der Waals surface area contributed by atoms with Gasteiger partial charge in [0.15, 0.2) is 0 Å². The Bertz CT molecular complexity index is 705. The number of carbonyl (C=O) groups is 2. The quantitative estimate of drug-likeness (QED) is 0.823. The van der Waals surface area contributed by atoms with Gasteiger partial charge in [0.1, 0.15) is 12.2 Å². The Morgan fingerprint density at radius 1 is 1.22 bits per heavy atom. The van der Waals surface area contributed by atoms with E-state index in [0.29, 0.717) is 26.2 Å². The maximum Gasteiger partial charge on any atom is 0.246 e. The molecular formula is C20H28N4O3. The van der Waals surface area contributed by atoms with Crippen molar-refractivity contribution in [3.05, 3.63) is 29.8 Å². The van der Waals surface area contributed by atoms with Gasteiger partial charge in [-0.1, -0.05) is 12.1 Å². The fourth-order valence-corrected chi connectivity index (χ4v) is 4.18. The van der Waals surface area contributed by atoms with Crippen molar-refractivity contribution in [2.45, 2.75) is 18.9 Å². The molecule has 3 fully saturated rings. The third-order valence-electron chi connectivity index (χ3n) is 5.88. The van der Waals surface area contributed by atoms with Crippen LogP contribution in [0, 0.1) is 6.92 Å². The number of hydrogen-bond acceptors (Lipinski definition) is 5. The third kappa shape index (κ3) is 4.09. The average Bonchev–Trinajstić information content (AvgIpc) is 3.09. The lowest BCUT2D eigenvalue weighted by atomic mass is 10.0. The molecule has 3 saturated heterocycles. The molecule has 4 rings (SSSR count). The summed E-state index contributed by atoms with van der Waals surface area (Å²) in [6, 6.07) is 8.58. The summed E-state index contributed by atoms with van der Waals surface area (Å²) in [5.74, 6) is 0.0910. The Morgan fingerprint density at radius 2 is 2.04 bits per heavy atom. The van der Waals surface area contributed by atoms with Crippen molar-refractivity contribution in [3.8, 4) is 0 Å². The molecule has 0 aliphatic carbocycles. The maximum absolute atomic E-state index is 12.7. The van der Waals surface area contributed by atoms with Crippen LogP contribution >= 0.6 is 0 Å². The van der Waals surface area contributed by atoms with Crippen LogP contribution in [0.3, 0.4) is 0 Å². The normalized spacial score (nSPS) is 26.5. The molecule has 7 nitrogen and oxygen atoms in total. The van der Waals surface area contributed by atoms with E-state index in [-0.39, 0.29) is 24.0 Å². The number of hydrogen-bond donors (Lipinski definition) is 1. The monoisotopic (exact) mass is 372 g/mol. The first-order valence-electron chi connectivity index (χ1n) is 9.75. The van der Waals surface area contributed by atoms with Crippen molar-refractivity contribution in [2.24, 2.45) is 0 Å². The van der Waals surface area contributed by atoms with Crippen LogP contribution in [0.5, 0.6) is 0 Å². The molecule has 0 saturated carbocycles. The van der Waals surface area contributed by atoms with Crippen LogP contribution in [0.25, 0.3) is 0 Å². The van der Waals surface area contributed by atoms with Crippen molar-refractivity contribution in [1.82, 2.24) is 15.1 Å². The second kappa shape index (κ2) is 7.48. The number of aryl methyl sites for hydroxylation is 1. The molecule has 3 aliphatic heterocycles. The van der Waals surface area contributed by atoms with Gasteiger partial charge in [-0.2, -0.15) is 0 Å². The van der Waals surface area contributed by atoms with Crippen molar-refractivity contribution in [1.29, 1.82) is 0 Å². The zero-order valence-corrected chi connectivity index (χ0v) is 15.9. The van der Waals surface area contributed by atoms with E-state index in [0.717, 1.165) is 32.6 Å². The molecule has 3 heterocycles. The lowest BCUT2D eigenvalue weighted by Gasteiger charge is -2.37. The molecule has 2 amide bonds. The van der Waals surface area contributed by atoms with Crippen LogP contribution in [-0.4, -0.2) is 86.2 Å². The maximum atomic E-state index is 12.7. The van der Waals surface area contributed by atoms with Gasteiger partial charge in [-0.05, 0) is 31.0 Å². The molecule has 146 valence electrons. The van der Waals surface area contributed by atoms with Crippen LogP contribution in [0.15, 0.2) is 24.3 Å². The summed E-state index contributed by atoms with van der Waals surface area (Å²) in [5, 5.41) is 2.86.